The third-order valence-electron chi connectivity index (χ3n) is 1.20. The molecule has 0 radical (unpaired) electrons. The van der Waals surface area contributed by atoms with Crippen LogP contribution in [-0.4, -0.2) is 12.6 Å². The topological polar surface area (TPSA) is 59.8 Å². The van der Waals surface area contributed by atoms with Crippen LogP contribution in [0.1, 0.15) is 45.0 Å². The number of carbonyl (C=O) groups is 1. The Morgan fingerprint density at radius 1 is 1.22 bits per heavy atom. The monoisotopic (exact) mass is 424 g/mol. The van der Waals surface area contributed by atoms with Gasteiger partial charge in [-0.2, -0.15) is 0 Å². The van der Waals surface area contributed by atoms with E-state index in [0.29, 0.717) is 12.2 Å². The molecule has 0 bridgehead atoms. The average Bonchev–Trinajstić information content (AvgIpc) is 2.36. The molecule has 0 aliphatic carbocycles. The summed E-state index contributed by atoms with van der Waals surface area (Å²) in [6, 6.07) is 9.73. The summed E-state index contributed by atoms with van der Waals surface area (Å²) in [5, 5.41) is 0. The summed E-state index contributed by atoms with van der Waals surface area (Å²) in [5.41, 5.74) is 0.481. The van der Waals surface area contributed by atoms with Gasteiger partial charge < -0.3 is 23.1 Å². The van der Waals surface area contributed by atoms with Gasteiger partial charge >= 0.3 is 0 Å². The van der Waals surface area contributed by atoms with Gasteiger partial charge in [0.25, 0.3) is 0 Å². The number of nitrogens with two attached hydrogens (primary N) is 1. The van der Waals surface area contributed by atoms with Crippen molar-refractivity contribution in [2.24, 2.45) is 0 Å². The van der Waals surface area contributed by atoms with E-state index in [-0.39, 0.29) is 40.6 Å². The molecule has 0 heterocycles. The smallest absolute Gasteiger partial charge is 0.250 e. The molecule has 0 aromatic heterocycles. The number of carbonyl (C=O) groups excluding carboxylic acids is 1. The molecule has 0 aliphatic heterocycles. The van der Waals surface area contributed by atoms with Gasteiger partial charge in [-0.05, 0) is 6.92 Å². The van der Waals surface area contributed by atoms with Gasteiger partial charge in [-0.1, -0.05) is 33.3 Å². The fraction of sp³-hybridized carbons (Fsp3) is 0.429. The van der Waals surface area contributed by atoms with Gasteiger partial charge in [0.05, 0.1) is 6.61 Å². The van der Waals surface area contributed by atoms with Crippen molar-refractivity contribution in [1.29, 1.82) is 0 Å². The Hall–Kier alpha value is -0.662. The van der Waals surface area contributed by atoms with Gasteiger partial charge in [0, 0.05) is 21.1 Å². The Bertz CT molecular complexity index is 241. The van der Waals surface area contributed by atoms with Crippen molar-refractivity contribution in [2.45, 2.75) is 34.6 Å². The fourth-order valence-corrected chi connectivity index (χ4v) is 0.729. The largest absolute Gasteiger partial charge is 0.693 e. The van der Waals surface area contributed by atoms with Crippen LogP contribution in [0.3, 0.4) is 0 Å². The summed E-state index contributed by atoms with van der Waals surface area (Å²) in [4.78, 5) is 11.0. The van der Waals surface area contributed by atoms with Crippen LogP contribution in [0.2, 0.25) is 0 Å². The molecule has 0 spiro atoms. The summed E-state index contributed by atoms with van der Waals surface area (Å²) in [5.74, 6) is -0.312. The van der Waals surface area contributed by atoms with Gasteiger partial charge in [-0.3, -0.25) is 0 Å². The van der Waals surface area contributed by atoms with Gasteiger partial charge in [-0.15, -0.1) is 30.3 Å². The predicted molar refractivity (Wildman–Crippen MR) is 75.6 cm³/mol. The van der Waals surface area contributed by atoms with Crippen molar-refractivity contribution in [3.8, 4) is 0 Å². The number of hydrogen-bond donors (Lipinski definition) is 0. The maximum atomic E-state index is 11.0. The van der Waals surface area contributed by atoms with Gasteiger partial charge in [0.1, 0.15) is 0 Å². The maximum Gasteiger partial charge on any atom is 0.250 e. The zero-order valence-corrected chi connectivity index (χ0v) is 15.3. The SMILES string of the molecule is CC.CC.CCOC(=O)c1[c-]cccc1.[CH3-].[NH2-].[W]. The minimum atomic E-state index is -0.312. The average molecular weight is 424 g/mol. The van der Waals surface area contributed by atoms with Crippen LogP contribution in [0.5, 0.6) is 0 Å². The molecule has 108 valence electrons. The summed E-state index contributed by atoms with van der Waals surface area (Å²) in [6.07, 6.45) is 0. The van der Waals surface area contributed by atoms with Crippen molar-refractivity contribution >= 4 is 5.97 Å². The molecule has 18 heavy (non-hydrogen) atoms. The first kappa shape index (κ1) is 30.4. The van der Waals surface area contributed by atoms with Crippen molar-refractivity contribution in [3.05, 3.63) is 49.5 Å². The molecular formula is C14H26NO2W-3. The van der Waals surface area contributed by atoms with Crippen LogP contribution in [0.25, 0.3) is 6.15 Å². The number of esters is 1. The van der Waals surface area contributed by atoms with Crippen LogP contribution < -0.4 is 0 Å². The van der Waals surface area contributed by atoms with E-state index in [4.69, 9.17) is 4.74 Å². The second kappa shape index (κ2) is 25.2. The number of benzene rings is 1. The van der Waals surface area contributed by atoms with Gasteiger partial charge in [0.2, 0.25) is 5.97 Å². The third-order valence-corrected chi connectivity index (χ3v) is 1.20. The standard InChI is InChI=1S/C9H9O2.2C2H6.CH3.H2N.W/c1-2-11-9(10)8-6-4-3-5-7-8;2*1-2;;;/h3-6H,2H2,1H3;2*1-2H3;1H3;1H2;/q-1;;;2*-1;. The van der Waals surface area contributed by atoms with Crippen LogP contribution in [-0.2, 0) is 25.8 Å². The third kappa shape index (κ3) is 15.3. The molecule has 0 saturated carbocycles. The van der Waals surface area contributed by atoms with Crippen molar-refractivity contribution in [3.63, 3.8) is 0 Å². The molecule has 0 fully saturated rings. The molecular weight excluding hydrogens is 398 g/mol. The van der Waals surface area contributed by atoms with Gasteiger partial charge in [-0.25, -0.2) is 0 Å². The minimum Gasteiger partial charge on any atom is -0.693 e. The van der Waals surface area contributed by atoms with E-state index < -0.39 is 0 Å². The molecule has 1 aromatic rings. The van der Waals surface area contributed by atoms with E-state index in [1.165, 1.54) is 0 Å². The Morgan fingerprint density at radius 2 is 1.72 bits per heavy atom. The minimum absolute atomic E-state index is 0. The molecule has 1 rings (SSSR count). The van der Waals surface area contributed by atoms with Crippen LogP contribution >= 0.6 is 0 Å². The molecule has 0 unspecified atom stereocenters. The molecule has 2 N–H and O–H groups in total. The van der Waals surface area contributed by atoms with E-state index >= 15 is 0 Å². The molecule has 1 aromatic carbocycles. The first-order valence-electron chi connectivity index (χ1n) is 5.48. The molecule has 0 aliphatic rings. The number of ether oxygens (including phenoxy) is 1. The first-order valence-corrected chi connectivity index (χ1v) is 5.48. The number of hydrogen-bond acceptors (Lipinski definition) is 2. The van der Waals surface area contributed by atoms with Crippen LogP contribution in [0.15, 0.2) is 24.3 Å². The van der Waals surface area contributed by atoms with E-state index in [1.54, 1.807) is 25.1 Å². The Labute approximate surface area is 127 Å². The first-order chi connectivity index (χ1) is 7.34. The Balaban J connectivity index is -0.0000000735. The van der Waals surface area contributed by atoms with E-state index in [2.05, 4.69) is 6.07 Å². The second-order valence-electron chi connectivity index (χ2n) is 2.00. The van der Waals surface area contributed by atoms with Crippen molar-refractivity contribution in [2.75, 3.05) is 6.61 Å². The van der Waals surface area contributed by atoms with Crippen LogP contribution in [0, 0.1) is 13.5 Å². The zero-order chi connectivity index (χ0) is 12.1. The molecule has 4 heteroatoms. The van der Waals surface area contributed by atoms with Crippen molar-refractivity contribution in [1.82, 2.24) is 0 Å². The molecule has 3 nitrogen and oxygen atoms in total. The molecule has 0 atom stereocenters. The Kier molecular flexibility index (Phi) is 42.6. The zero-order valence-electron chi connectivity index (χ0n) is 12.3. The summed E-state index contributed by atoms with van der Waals surface area (Å²) in [7, 11) is 0. The van der Waals surface area contributed by atoms with Gasteiger partial charge in [0.15, 0.2) is 0 Å². The van der Waals surface area contributed by atoms with Crippen molar-refractivity contribution < 1.29 is 30.6 Å². The number of rotatable bonds is 2. The molecule has 0 saturated heterocycles. The van der Waals surface area contributed by atoms with E-state index in [1.807, 2.05) is 33.8 Å². The quantitative estimate of drug-likeness (QED) is 0.502. The summed E-state index contributed by atoms with van der Waals surface area (Å²) < 4.78 is 4.76. The maximum absolute atomic E-state index is 11.0. The molecule has 0 amide bonds. The summed E-state index contributed by atoms with van der Waals surface area (Å²) in [6.45, 7) is 10.2. The Morgan fingerprint density at radius 3 is 2.06 bits per heavy atom. The normalized spacial score (nSPS) is 6.28. The predicted octanol–water partition coefficient (Wildman–Crippen LogP) is 4.88. The van der Waals surface area contributed by atoms with Crippen LogP contribution in [0.4, 0.5) is 0 Å². The van der Waals surface area contributed by atoms with E-state index in [9.17, 15) is 4.79 Å². The summed E-state index contributed by atoms with van der Waals surface area (Å²) >= 11 is 0. The van der Waals surface area contributed by atoms with E-state index in [0.717, 1.165) is 0 Å². The second-order valence-corrected chi connectivity index (χ2v) is 2.00. The fourth-order valence-electron chi connectivity index (χ4n) is 0.729.